The monoisotopic (exact) mass is 414 g/mol. The predicted molar refractivity (Wildman–Crippen MR) is 108 cm³/mol. The van der Waals surface area contributed by atoms with E-state index in [2.05, 4.69) is 0 Å². The minimum atomic E-state index is -4.02. The lowest BCUT2D eigenvalue weighted by atomic mass is 10.2. The standard InChI is InChI=1S/C19H26O6S2/c1-16-3-9-19(10-4-16)27(22,23)25-26(13-11-20,14-12-21)15-17-5-7-18(24-2)8-6-17/h3-10,20-21H,11-15H2,1-2H3. The molecule has 2 aromatic carbocycles. The van der Waals surface area contributed by atoms with Crippen LogP contribution in [0.3, 0.4) is 0 Å². The molecule has 0 bridgehead atoms. The molecule has 0 atom stereocenters. The van der Waals surface area contributed by atoms with Gasteiger partial charge < -0.3 is 14.9 Å². The Bertz CT molecular complexity index is 810. The third-order valence-electron chi connectivity index (χ3n) is 4.06. The summed E-state index contributed by atoms with van der Waals surface area (Å²) >= 11 is 0. The van der Waals surface area contributed by atoms with Crippen LogP contribution in [-0.4, -0.2) is 50.5 Å². The van der Waals surface area contributed by atoms with Gasteiger partial charge in [0.25, 0.3) is 0 Å². The van der Waals surface area contributed by atoms with E-state index in [4.69, 9.17) is 8.37 Å². The van der Waals surface area contributed by atoms with Crippen molar-refractivity contribution in [3.05, 3.63) is 59.7 Å². The molecular formula is C19H26O6S2. The van der Waals surface area contributed by atoms with Crippen molar-refractivity contribution in [3.63, 3.8) is 0 Å². The molecule has 0 saturated carbocycles. The van der Waals surface area contributed by atoms with Gasteiger partial charge in [0.15, 0.2) is 0 Å². The van der Waals surface area contributed by atoms with Gasteiger partial charge >= 0.3 is 10.1 Å². The van der Waals surface area contributed by atoms with Crippen LogP contribution in [0.4, 0.5) is 0 Å². The Balaban J connectivity index is 2.34. The van der Waals surface area contributed by atoms with Gasteiger partial charge in [-0.1, -0.05) is 29.8 Å². The maximum absolute atomic E-state index is 12.8. The fourth-order valence-electron chi connectivity index (χ4n) is 2.63. The third kappa shape index (κ3) is 5.95. The van der Waals surface area contributed by atoms with Crippen LogP contribution in [0, 0.1) is 6.92 Å². The number of methoxy groups -OCH3 is 1. The molecule has 0 aromatic heterocycles. The number of hydrogen-bond acceptors (Lipinski definition) is 6. The molecule has 6 nitrogen and oxygen atoms in total. The lowest BCUT2D eigenvalue weighted by Gasteiger charge is -2.37. The highest BCUT2D eigenvalue weighted by Gasteiger charge is 2.32. The Morgan fingerprint density at radius 2 is 1.44 bits per heavy atom. The Morgan fingerprint density at radius 1 is 0.889 bits per heavy atom. The summed E-state index contributed by atoms with van der Waals surface area (Å²) in [6, 6.07) is 13.6. The first-order chi connectivity index (χ1) is 12.8. The first-order valence-corrected chi connectivity index (χ1v) is 12.0. The minimum absolute atomic E-state index is 0.0654. The van der Waals surface area contributed by atoms with Gasteiger partial charge in [-0.2, -0.15) is 8.42 Å². The van der Waals surface area contributed by atoms with Crippen molar-refractivity contribution >= 4 is 20.4 Å². The zero-order chi connectivity index (χ0) is 19.9. The Hall–Kier alpha value is -1.58. The van der Waals surface area contributed by atoms with Gasteiger partial charge in [0.2, 0.25) is 0 Å². The fraction of sp³-hybridized carbons (Fsp3) is 0.368. The molecule has 2 aromatic rings. The molecule has 0 amide bonds. The van der Waals surface area contributed by atoms with Crippen molar-refractivity contribution in [2.24, 2.45) is 0 Å². The van der Waals surface area contributed by atoms with Crippen LogP contribution in [0.2, 0.25) is 0 Å². The molecule has 27 heavy (non-hydrogen) atoms. The summed E-state index contributed by atoms with van der Waals surface area (Å²) in [5.41, 5.74) is 1.79. The summed E-state index contributed by atoms with van der Waals surface area (Å²) < 4.78 is 36.5. The quantitative estimate of drug-likeness (QED) is 0.621. The molecule has 0 radical (unpaired) electrons. The number of aryl methyl sites for hydroxylation is 1. The van der Waals surface area contributed by atoms with Crippen LogP contribution in [0.1, 0.15) is 11.1 Å². The summed E-state index contributed by atoms with van der Waals surface area (Å²) in [4.78, 5) is 0.0654. The molecule has 0 spiro atoms. The minimum Gasteiger partial charge on any atom is -0.497 e. The average molecular weight is 415 g/mol. The predicted octanol–water partition coefficient (Wildman–Crippen LogP) is 2.61. The van der Waals surface area contributed by atoms with Crippen LogP contribution in [-0.2, 0) is 19.5 Å². The molecule has 0 saturated heterocycles. The highest BCUT2D eigenvalue weighted by atomic mass is 32.3. The largest absolute Gasteiger partial charge is 0.497 e. The zero-order valence-corrected chi connectivity index (χ0v) is 17.1. The molecule has 150 valence electrons. The number of rotatable bonds is 10. The van der Waals surface area contributed by atoms with E-state index < -0.39 is 20.4 Å². The maximum Gasteiger partial charge on any atom is 0.306 e. The molecule has 0 aliphatic heterocycles. The maximum atomic E-state index is 12.8. The van der Waals surface area contributed by atoms with Crippen LogP contribution < -0.4 is 4.74 Å². The van der Waals surface area contributed by atoms with Gasteiger partial charge in [0.1, 0.15) is 5.75 Å². The first-order valence-electron chi connectivity index (χ1n) is 8.48. The van der Waals surface area contributed by atoms with Crippen LogP contribution in [0.5, 0.6) is 5.75 Å². The first kappa shape index (κ1) is 21.7. The summed E-state index contributed by atoms with van der Waals surface area (Å²) in [5, 5.41) is 19.1. The molecule has 0 aliphatic rings. The second-order valence-electron chi connectivity index (χ2n) is 6.15. The van der Waals surface area contributed by atoms with E-state index in [9.17, 15) is 18.6 Å². The summed E-state index contributed by atoms with van der Waals surface area (Å²) in [6.07, 6.45) is 0. The normalized spacial score (nSPS) is 12.7. The van der Waals surface area contributed by atoms with E-state index in [1.807, 2.05) is 19.1 Å². The second kappa shape index (κ2) is 9.57. The van der Waals surface area contributed by atoms with E-state index in [0.717, 1.165) is 11.1 Å². The van der Waals surface area contributed by atoms with Gasteiger partial charge in [-0.15, -0.1) is 10.3 Å². The van der Waals surface area contributed by atoms with Crippen molar-refractivity contribution < 1.29 is 27.0 Å². The van der Waals surface area contributed by atoms with Crippen LogP contribution in [0.25, 0.3) is 0 Å². The molecule has 0 aliphatic carbocycles. The molecule has 2 N–H and O–H groups in total. The van der Waals surface area contributed by atoms with Crippen molar-refractivity contribution in [1.29, 1.82) is 0 Å². The molecule has 8 heteroatoms. The van der Waals surface area contributed by atoms with E-state index >= 15 is 0 Å². The van der Waals surface area contributed by atoms with Crippen molar-refractivity contribution in [2.45, 2.75) is 17.6 Å². The van der Waals surface area contributed by atoms with Crippen molar-refractivity contribution in [1.82, 2.24) is 0 Å². The van der Waals surface area contributed by atoms with Crippen molar-refractivity contribution in [3.8, 4) is 5.75 Å². The Morgan fingerprint density at radius 3 is 1.93 bits per heavy atom. The third-order valence-corrected chi connectivity index (χ3v) is 9.49. The average Bonchev–Trinajstić information content (AvgIpc) is 2.63. The number of aliphatic hydroxyl groups excluding tert-OH is 2. The number of aliphatic hydroxyl groups is 2. The van der Waals surface area contributed by atoms with Crippen LogP contribution >= 0.6 is 10.3 Å². The number of benzene rings is 2. The van der Waals surface area contributed by atoms with E-state index in [0.29, 0.717) is 11.5 Å². The Labute approximate surface area is 162 Å². The molecule has 2 rings (SSSR count). The molecule has 0 unspecified atom stereocenters. The van der Waals surface area contributed by atoms with Gasteiger partial charge in [-0.05, 0) is 36.8 Å². The fourth-order valence-corrected chi connectivity index (χ4v) is 7.63. The van der Waals surface area contributed by atoms with Gasteiger partial charge in [0, 0.05) is 17.3 Å². The number of ether oxygens (including phenoxy) is 1. The molecular weight excluding hydrogens is 388 g/mol. The lowest BCUT2D eigenvalue weighted by Crippen LogP contribution is -2.23. The highest BCUT2D eigenvalue weighted by Crippen LogP contribution is 2.54. The topological polar surface area (TPSA) is 93.1 Å². The Kier molecular flexibility index (Phi) is 7.69. The summed E-state index contributed by atoms with van der Waals surface area (Å²) in [6.45, 7) is 1.41. The summed E-state index contributed by atoms with van der Waals surface area (Å²) in [7, 11) is -4.77. The van der Waals surface area contributed by atoms with Gasteiger partial charge in [-0.25, -0.2) is 3.63 Å². The SMILES string of the molecule is COc1ccc(CS(CCO)(CCO)OS(=O)(=O)c2ccc(C)cc2)cc1. The van der Waals surface area contributed by atoms with E-state index in [1.54, 1.807) is 31.4 Å². The van der Waals surface area contributed by atoms with Crippen LogP contribution in [0.15, 0.2) is 53.4 Å². The lowest BCUT2D eigenvalue weighted by molar-refractivity contribution is 0.312. The smallest absolute Gasteiger partial charge is 0.306 e. The zero-order valence-electron chi connectivity index (χ0n) is 15.5. The summed E-state index contributed by atoms with van der Waals surface area (Å²) in [5.74, 6) is 1.32. The van der Waals surface area contributed by atoms with Crippen molar-refractivity contribution in [2.75, 3.05) is 31.8 Å². The molecule has 0 fully saturated rings. The molecule has 0 heterocycles. The van der Waals surface area contributed by atoms with E-state index in [1.165, 1.54) is 12.1 Å². The number of hydrogen-bond donors (Lipinski definition) is 2. The second-order valence-corrected chi connectivity index (χ2v) is 11.1. The van der Waals surface area contributed by atoms with Gasteiger partial charge in [0.05, 0.1) is 25.2 Å². The van der Waals surface area contributed by atoms with E-state index in [-0.39, 0.29) is 29.6 Å². The van der Waals surface area contributed by atoms with Gasteiger partial charge in [-0.3, -0.25) is 0 Å². The highest BCUT2D eigenvalue weighted by molar-refractivity contribution is 8.32.